The van der Waals surface area contributed by atoms with Crippen molar-refractivity contribution in [3.8, 4) is 5.75 Å². The van der Waals surface area contributed by atoms with Gasteiger partial charge in [-0.1, -0.05) is 12.1 Å². The van der Waals surface area contributed by atoms with Gasteiger partial charge in [0.2, 0.25) is 11.8 Å². The number of piperidine rings is 1. The zero-order valence-corrected chi connectivity index (χ0v) is 9.98. The van der Waals surface area contributed by atoms with Crippen molar-refractivity contribution in [3.63, 3.8) is 0 Å². The van der Waals surface area contributed by atoms with Gasteiger partial charge in [-0.3, -0.25) is 9.59 Å². The Balaban J connectivity index is 1.88. The predicted molar refractivity (Wildman–Crippen MR) is 66.0 cm³/mol. The normalized spacial score (nSPS) is 19.1. The van der Waals surface area contributed by atoms with E-state index in [0.717, 1.165) is 12.0 Å². The van der Waals surface area contributed by atoms with Crippen molar-refractivity contribution < 1.29 is 14.7 Å². The van der Waals surface area contributed by atoms with E-state index in [4.69, 9.17) is 5.11 Å². The number of nitrogens with one attached hydrogen (secondary N) is 2. The first-order chi connectivity index (χ1) is 8.65. The average Bonchev–Trinajstić information content (AvgIpc) is 2.35. The van der Waals surface area contributed by atoms with Crippen molar-refractivity contribution in [1.29, 1.82) is 0 Å². The van der Waals surface area contributed by atoms with Crippen molar-refractivity contribution in [2.24, 2.45) is 0 Å². The highest BCUT2D eigenvalue weighted by Gasteiger charge is 2.23. The van der Waals surface area contributed by atoms with Crippen LogP contribution in [0.5, 0.6) is 5.75 Å². The minimum atomic E-state index is -0.414. The summed E-state index contributed by atoms with van der Waals surface area (Å²) >= 11 is 0. The number of aromatic hydroxyl groups is 1. The first-order valence-corrected chi connectivity index (χ1v) is 6.00. The van der Waals surface area contributed by atoms with Crippen LogP contribution in [0, 0.1) is 0 Å². The Hall–Kier alpha value is -2.04. The third kappa shape index (κ3) is 3.23. The van der Waals surface area contributed by atoms with Crippen molar-refractivity contribution in [1.82, 2.24) is 10.6 Å². The van der Waals surface area contributed by atoms with Gasteiger partial charge in [-0.25, -0.2) is 0 Å². The maximum Gasteiger partial charge on any atom is 0.242 e. The maximum absolute atomic E-state index is 11.8. The molecule has 0 aliphatic carbocycles. The second-order valence-corrected chi connectivity index (χ2v) is 4.40. The van der Waals surface area contributed by atoms with Gasteiger partial charge in [0.15, 0.2) is 0 Å². The highest BCUT2D eigenvalue weighted by atomic mass is 16.3. The Morgan fingerprint density at radius 2 is 2.11 bits per heavy atom. The number of phenolic OH excluding ortho intramolecular Hbond substituents is 1. The van der Waals surface area contributed by atoms with Gasteiger partial charge < -0.3 is 15.7 Å². The van der Waals surface area contributed by atoms with Gasteiger partial charge in [-0.15, -0.1) is 0 Å². The first kappa shape index (κ1) is 12.4. The summed E-state index contributed by atoms with van der Waals surface area (Å²) in [6.45, 7) is 0.684. The molecule has 1 unspecified atom stereocenters. The zero-order valence-electron chi connectivity index (χ0n) is 9.98. The highest BCUT2D eigenvalue weighted by Crippen LogP contribution is 2.10. The summed E-state index contributed by atoms with van der Waals surface area (Å²) in [6.07, 6.45) is 1.78. The standard InChI is InChI=1S/C13H16N2O3/c16-10-5-3-9(4-6-10)8-12(17)15-11-2-1-7-14-13(11)18/h3-6,11,16H,1-2,7-8H2,(H,14,18)(H,15,17). The molecule has 1 aliphatic heterocycles. The number of phenols is 1. The summed E-state index contributed by atoms with van der Waals surface area (Å²) in [5.41, 5.74) is 0.807. The number of hydrogen-bond donors (Lipinski definition) is 3. The average molecular weight is 248 g/mol. The molecule has 1 aliphatic rings. The monoisotopic (exact) mass is 248 g/mol. The molecular weight excluding hydrogens is 232 g/mol. The fraction of sp³-hybridized carbons (Fsp3) is 0.385. The van der Waals surface area contributed by atoms with Gasteiger partial charge in [-0.05, 0) is 30.5 Å². The van der Waals surface area contributed by atoms with E-state index < -0.39 is 6.04 Å². The van der Waals surface area contributed by atoms with Crippen LogP contribution < -0.4 is 10.6 Å². The molecule has 3 N–H and O–H groups in total. The molecular formula is C13H16N2O3. The lowest BCUT2D eigenvalue weighted by Gasteiger charge is -2.22. The summed E-state index contributed by atoms with van der Waals surface area (Å²) in [7, 11) is 0. The van der Waals surface area contributed by atoms with E-state index in [1.54, 1.807) is 12.1 Å². The number of hydrogen-bond acceptors (Lipinski definition) is 3. The van der Waals surface area contributed by atoms with E-state index in [-0.39, 0.29) is 24.0 Å². The molecule has 2 rings (SSSR count). The summed E-state index contributed by atoms with van der Waals surface area (Å²) in [5.74, 6) is -0.117. The third-order valence-corrected chi connectivity index (χ3v) is 2.92. The molecule has 1 fully saturated rings. The lowest BCUT2D eigenvalue weighted by atomic mass is 10.1. The van der Waals surface area contributed by atoms with E-state index in [1.165, 1.54) is 12.1 Å². The number of amides is 2. The van der Waals surface area contributed by atoms with Crippen LogP contribution in [-0.4, -0.2) is 29.5 Å². The number of carbonyl (C=O) groups is 2. The van der Waals surface area contributed by atoms with Crippen LogP contribution in [0.3, 0.4) is 0 Å². The predicted octanol–water partition coefficient (Wildman–Crippen LogP) is 0.329. The second kappa shape index (κ2) is 5.53. The minimum absolute atomic E-state index is 0.111. The third-order valence-electron chi connectivity index (χ3n) is 2.92. The summed E-state index contributed by atoms with van der Waals surface area (Å²) in [4.78, 5) is 23.2. The van der Waals surface area contributed by atoms with E-state index >= 15 is 0 Å². The maximum atomic E-state index is 11.8. The molecule has 0 aromatic heterocycles. The smallest absolute Gasteiger partial charge is 0.242 e. The molecule has 0 spiro atoms. The number of carbonyl (C=O) groups excluding carboxylic acids is 2. The largest absolute Gasteiger partial charge is 0.508 e. The van der Waals surface area contributed by atoms with Gasteiger partial charge in [0.05, 0.1) is 6.42 Å². The Kier molecular flexibility index (Phi) is 3.82. The Morgan fingerprint density at radius 1 is 1.39 bits per heavy atom. The minimum Gasteiger partial charge on any atom is -0.508 e. The molecule has 5 nitrogen and oxygen atoms in total. The Labute approximate surface area is 105 Å². The molecule has 0 bridgehead atoms. The quantitative estimate of drug-likeness (QED) is 0.721. The molecule has 1 atom stereocenters. The van der Waals surface area contributed by atoms with Crippen molar-refractivity contribution >= 4 is 11.8 Å². The van der Waals surface area contributed by atoms with Gasteiger partial charge in [0.25, 0.3) is 0 Å². The summed E-state index contributed by atoms with van der Waals surface area (Å²) < 4.78 is 0. The van der Waals surface area contributed by atoms with Crippen LogP contribution in [0.1, 0.15) is 18.4 Å². The molecule has 96 valence electrons. The van der Waals surface area contributed by atoms with Crippen LogP contribution in [0.2, 0.25) is 0 Å². The molecule has 2 amide bonds. The van der Waals surface area contributed by atoms with Crippen molar-refractivity contribution in [2.75, 3.05) is 6.54 Å². The SMILES string of the molecule is O=C(Cc1ccc(O)cc1)NC1CCCNC1=O. The van der Waals surface area contributed by atoms with Gasteiger partial charge >= 0.3 is 0 Å². The fourth-order valence-electron chi connectivity index (χ4n) is 1.95. The Bertz CT molecular complexity index is 442. The van der Waals surface area contributed by atoms with E-state index in [0.29, 0.717) is 13.0 Å². The van der Waals surface area contributed by atoms with Gasteiger partial charge in [0, 0.05) is 6.54 Å². The Morgan fingerprint density at radius 3 is 2.78 bits per heavy atom. The number of benzene rings is 1. The molecule has 0 saturated carbocycles. The van der Waals surface area contributed by atoms with E-state index in [2.05, 4.69) is 10.6 Å². The van der Waals surface area contributed by atoms with Crippen LogP contribution in [0.25, 0.3) is 0 Å². The van der Waals surface area contributed by atoms with Crippen LogP contribution >= 0.6 is 0 Å². The van der Waals surface area contributed by atoms with Crippen molar-refractivity contribution in [3.05, 3.63) is 29.8 Å². The lowest BCUT2D eigenvalue weighted by molar-refractivity contribution is -0.129. The van der Waals surface area contributed by atoms with Gasteiger partial charge in [0.1, 0.15) is 11.8 Å². The zero-order chi connectivity index (χ0) is 13.0. The van der Waals surface area contributed by atoms with Gasteiger partial charge in [-0.2, -0.15) is 0 Å². The molecule has 1 heterocycles. The molecule has 1 aromatic rings. The highest BCUT2D eigenvalue weighted by molar-refractivity contribution is 5.88. The molecule has 0 radical (unpaired) electrons. The van der Waals surface area contributed by atoms with Crippen LogP contribution in [0.15, 0.2) is 24.3 Å². The van der Waals surface area contributed by atoms with E-state index in [9.17, 15) is 9.59 Å². The number of rotatable bonds is 3. The lowest BCUT2D eigenvalue weighted by Crippen LogP contribution is -2.50. The summed E-state index contributed by atoms with van der Waals surface area (Å²) in [5, 5.41) is 14.6. The van der Waals surface area contributed by atoms with Crippen LogP contribution in [0.4, 0.5) is 0 Å². The summed E-state index contributed by atoms with van der Waals surface area (Å²) in [6, 6.07) is 6.04. The fourth-order valence-corrected chi connectivity index (χ4v) is 1.95. The molecule has 1 aromatic carbocycles. The molecule has 5 heteroatoms. The van der Waals surface area contributed by atoms with Crippen molar-refractivity contribution in [2.45, 2.75) is 25.3 Å². The van der Waals surface area contributed by atoms with E-state index in [1.807, 2.05) is 0 Å². The molecule has 18 heavy (non-hydrogen) atoms. The van der Waals surface area contributed by atoms with Crippen LogP contribution in [-0.2, 0) is 16.0 Å². The molecule has 1 saturated heterocycles. The topological polar surface area (TPSA) is 78.4 Å². The second-order valence-electron chi connectivity index (χ2n) is 4.40. The first-order valence-electron chi connectivity index (χ1n) is 6.00.